The van der Waals surface area contributed by atoms with Crippen molar-refractivity contribution >= 4 is 0 Å². The summed E-state index contributed by atoms with van der Waals surface area (Å²) in [5.74, 6) is 1.47. The number of aromatic amines is 1. The molecule has 0 aliphatic carbocycles. The molecule has 154 valence electrons. The van der Waals surface area contributed by atoms with Gasteiger partial charge in [0.15, 0.2) is 5.82 Å². The molecule has 0 fully saturated rings. The van der Waals surface area contributed by atoms with Gasteiger partial charge in [0, 0.05) is 5.41 Å². The zero-order valence-electron chi connectivity index (χ0n) is 18.4. The number of H-pyrrole nitrogens is 1. The van der Waals surface area contributed by atoms with E-state index in [4.69, 9.17) is 4.74 Å². The van der Waals surface area contributed by atoms with Crippen molar-refractivity contribution in [1.82, 2.24) is 20.6 Å². The van der Waals surface area contributed by atoms with Gasteiger partial charge in [-0.3, -0.25) is 0 Å². The molecule has 1 heterocycles. The van der Waals surface area contributed by atoms with Gasteiger partial charge in [-0.2, -0.15) is 5.21 Å². The third kappa shape index (κ3) is 6.30. The quantitative estimate of drug-likeness (QED) is 0.399. The van der Waals surface area contributed by atoms with Crippen molar-refractivity contribution in [2.24, 2.45) is 0 Å². The first-order chi connectivity index (χ1) is 14.0. The van der Waals surface area contributed by atoms with Crippen molar-refractivity contribution in [3.05, 3.63) is 53.9 Å². The molecule has 7 heteroatoms. The van der Waals surface area contributed by atoms with Crippen LogP contribution in [0.1, 0.15) is 57.8 Å². The van der Waals surface area contributed by atoms with Gasteiger partial charge in [0.05, 0.1) is 6.61 Å². The van der Waals surface area contributed by atoms with Crippen molar-refractivity contribution in [1.29, 1.82) is 0 Å². The summed E-state index contributed by atoms with van der Waals surface area (Å²) in [5.41, 5.74) is 2.66. The summed E-state index contributed by atoms with van der Waals surface area (Å²) in [4.78, 5) is 0. The molecule has 0 saturated carbocycles. The van der Waals surface area contributed by atoms with Crippen LogP contribution in [0.25, 0.3) is 11.1 Å². The number of ether oxygens (including phenoxy) is 1. The Morgan fingerprint density at radius 2 is 1.83 bits per heavy atom. The molecule has 0 amide bonds. The first-order valence-electron chi connectivity index (χ1n) is 10.3. The SMILES string of the molecule is CCc1cc(-c2ccccc2)c([O-])cc1OCCCCCC(C)(C)c1nn[nH]n1.[Na+]. The van der Waals surface area contributed by atoms with Crippen LogP contribution in [0.4, 0.5) is 0 Å². The van der Waals surface area contributed by atoms with E-state index in [9.17, 15) is 5.11 Å². The largest absolute Gasteiger partial charge is 1.00 e. The van der Waals surface area contributed by atoms with Crippen LogP contribution in [0.2, 0.25) is 0 Å². The summed E-state index contributed by atoms with van der Waals surface area (Å²) in [5, 5.41) is 26.9. The Bertz CT molecular complexity index is 899. The van der Waals surface area contributed by atoms with E-state index in [1.165, 1.54) is 0 Å². The Labute approximate surface area is 200 Å². The van der Waals surface area contributed by atoms with E-state index >= 15 is 0 Å². The van der Waals surface area contributed by atoms with Crippen LogP contribution in [0.5, 0.6) is 11.5 Å². The molecular weight excluding hydrogens is 387 g/mol. The minimum absolute atomic E-state index is 0. The van der Waals surface area contributed by atoms with Crippen molar-refractivity contribution < 1.29 is 39.4 Å². The molecule has 0 unspecified atom stereocenters. The Morgan fingerprint density at radius 3 is 2.50 bits per heavy atom. The monoisotopic (exact) mass is 416 g/mol. The number of aryl methyl sites for hydroxylation is 1. The molecule has 1 aromatic heterocycles. The number of rotatable bonds is 10. The van der Waals surface area contributed by atoms with Gasteiger partial charge in [-0.15, -0.1) is 10.2 Å². The average Bonchev–Trinajstić information content (AvgIpc) is 3.27. The van der Waals surface area contributed by atoms with E-state index in [1.807, 2.05) is 36.4 Å². The average molecular weight is 417 g/mol. The molecular formula is C23H29N4NaO2. The van der Waals surface area contributed by atoms with E-state index in [0.29, 0.717) is 12.4 Å². The number of aromatic nitrogens is 4. The molecule has 3 rings (SSSR count). The predicted octanol–water partition coefficient (Wildman–Crippen LogP) is 1.42. The first-order valence-corrected chi connectivity index (χ1v) is 10.3. The third-order valence-electron chi connectivity index (χ3n) is 5.28. The maximum atomic E-state index is 12.6. The molecule has 2 aromatic carbocycles. The molecule has 0 aliphatic rings. The third-order valence-corrected chi connectivity index (χ3v) is 5.28. The molecule has 3 aromatic rings. The number of benzene rings is 2. The number of unbranched alkanes of at least 4 members (excludes halogenated alkanes) is 2. The molecule has 0 bridgehead atoms. The molecule has 0 radical (unpaired) electrons. The molecule has 0 aliphatic heterocycles. The van der Waals surface area contributed by atoms with E-state index in [-0.39, 0.29) is 40.7 Å². The summed E-state index contributed by atoms with van der Waals surface area (Å²) in [6.45, 7) is 6.96. The summed E-state index contributed by atoms with van der Waals surface area (Å²) in [6.07, 6.45) is 4.87. The van der Waals surface area contributed by atoms with Crippen molar-refractivity contribution in [2.45, 2.75) is 58.3 Å². The number of hydrogen-bond donors (Lipinski definition) is 1. The van der Waals surface area contributed by atoms with Gasteiger partial charge in [0.2, 0.25) is 0 Å². The second kappa shape index (κ2) is 11.5. The fraction of sp³-hybridized carbons (Fsp3) is 0.435. The maximum absolute atomic E-state index is 12.6. The zero-order valence-corrected chi connectivity index (χ0v) is 20.4. The summed E-state index contributed by atoms with van der Waals surface area (Å²) < 4.78 is 5.96. The normalized spacial score (nSPS) is 11.2. The van der Waals surface area contributed by atoms with Crippen LogP contribution in [-0.4, -0.2) is 27.2 Å². The van der Waals surface area contributed by atoms with Gasteiger partial charge < -0.3 is 9.84 Å². The van der Waals surface area contributed by atoms with Gasteiger partial charge in [0.1, 0.15) is 5.75 Å². The van der Waals surface area contributed by atoms with Crippen molar-refractivity contribution in [2.75, 3.05) is 6.61 Å². The van der Waals surface area contributed by atoms with Crippen LogP contribution in [0.3, 0.4) is 0 Å². The minimum atomic E-state index is -0.0893. The van der Waals surface area contributed by atoms with Gasteiger partial charge >= 0.3 is 29.6 Å². The van der Waals surface area contributed by atoms with Crippen LogP contribution in [0.15, 0.2) is 42.5 Å². The van der Waals surface area contributed by atoms with E-state index in [1.54, 1.807) is 6.07 Å². The fourth-order valence-corrected chi connectivity index (χ4v) is 3.45. The Balaban J connectivity index is 0.00000320. The van der Waals surface area contributed by atoms with E-state index < -0.39 is 0 Å². The smallest absolute Gasteiger partial charge is 0.872 e. The maximum Gasteiger partial charge on any atom is 1.00 e. The van der Waals surface area contributed by atoms with E-state index in [2.05, 4.69) is 41.4 Å². The topological polar surface area (TPSA) is 86.8 Å². The summed E-state index contributed by atoms with van der Waals surface area (Å²) in [7, 11) is 0. The number of nitrogens with one attached hydrogen (secondary N) is 1. The number of hydrogen-bond acceptors (Lipinski definition) is 5. The van der Waals surface area contributed by atoms with Gasteiger partial charge in [0.25, 0.3) is 0 Å². The second-order valence-corrected chi connectivity index (χ2v) is 7.95. The standard InChI is InChI=1S/C23H30N4O2.Na/c1-4-17-15-19(18-11-7-5-8-12-18)20(28)16-21(17)29-14-10-6-9-13-23(2,3)22-24-26-27-25-22;/h5,7-8,11-12,15-16,28H,4,6,9-10,13-14H2,1-3H3,(H,24,25,26,27);/q;+1/p-1. The van der Waals surface area contributed by atoms with Crippen LogP contribution < -0.4 is 39.4 Å². The Hall–Kier alpha value is -1.89. The molecule has 0 spiro atoms. The summed E-state index contributed by atoms with van der Waals surface area (Å²) in [6, 6.07) is 13.4. The molecule has 30 heavy (non-hydrogen) atoms. The Morgan fingerprint density at radius 1 is 1.07 bits per heavy atom. The van der Waals surface area contributed by atoms with Crippen LogP contribution in [0, 0.1) is 0 Å². The van der Waals surface area contributed by atoms with Gasteiger partial charge in [-0.25, -0.2) is 0 Å². The number of tetrazole rings is 1. The minimum Gasteiger partial charge on any atom is -0.872 e. The molecule has 6 nitrogen and oxygen atoms in total. The molecule has 1 N–H and O–H groups in total. The van der Waals surface area contributed by atoms with Gasteiger partial charge in [-0.05, 0) is 48.1 Å². The molecule has 0 atom stereocenters. The second-order valence-electron chi connectivity index (χ2n) is 7.95. The fourth-order valence-electron chi connectivity index (χ4n) is 3.45. The first kappa shape index (κ1) is 24.4. The van der Waals surface area contributed by atoms with Crippen molar-refractivity contribution in [3.8, 4) is 22.6 Å². The van der Waals surface area contributed by atoms with E-state index in [0.717, 1.165) is 54.6 Å². The Kier molecular flexibility index (Phi) is 9.34. The summed E-state index contributed by atoms with van der Waals surface area (Å²) >= 11 is 0. The predicted molar refractivity (Wildman–Crippen MR) is 112 cm³/mol. The van der Waals surface area contributed by atoms with Gasteiger partial charge in [-0.1, -0.05) is 74.9 Å². The number of nitrogens with zero attached hydrogens (tertiary/aromatic N) is 3. The van der Waals surface area contributed by atoms with Crippen molar-refractivity contribution in [3.63, 3.8) is 0 Å². The van der Waals surface area contributed by atoms with Crippen LogP contribution in [-0.2, 0) is 11.8 Å². The molecule has 0 saturated heterocycles. The van der Waals surface area contributed by atoms with Crippen LogP contribution >= 0.6 is 0 Å². The zero-order chi connectivity index (χ0) is 20.7.